The zero-order valence-corrected chi connectivity index (χ0v) is 16.5. The van der Waals surface area contributed by atoms with Gasteiger partial charge in [-0.05, 0) is 43.3 Å². The first kappa shape index (κ1) is 19.4. The monoisotopic (exact) mass is 388 g/mol. The second-order valence-corrected chi connectivity index (χ2v) is 7.02. The average molecular weight is 389 g/mol. The number of rotatable bonds is 6. The molecule has 0 unspecified atom stereocenters. The average Bonchev–Trinajstić information content (AvgIpc) is 3.21. The minimum absolute atomic E-state index is 0.315. The summed E-state index contributed by atoms with van der Waals surface area (Å²) >= 11 is 5.67. The van der Waals surface area contributed by atoms with Crippen LogP contribution in [0.5, 0.6) is 11.5 Å². The molecule has 0 bridgehead atoms. The Hall–Kier alpha value is -2.34. The lowest BCUT2D eigenvalue weighted by molar-refractivity contribution is 0.300. The highest BCUT2D eigenvalue weighted by atomic mass is 32.1. The van der Waals surface area contributed by atoms with Gasteiger partial charge in [0.2, 0.25) is 0 Å². The Kier molecular flexibility index (Phi) is 6.50. The number of hydrogen-bond donors (Lipinski definition) is 1. The summed E-state index contributed by atoms with van der Waals surface area (Å²) in [5, 5.41) is 3.61. The van der Waals surface area contributed by atoms with Crippen LogP contribution in [0.4, 0.5) is 10.1 Å². The molecule has 1 aliphatic carbocycles. The molecule has 0 spiro atoms. The van der Waals surface area contributed by atoms with Crippen LogP contribution in [0.3, 0.4) is 0 Å². The van der Waals surface area contributed by atoms with Gasteiger partial charge in [0.15, 0.2) is 16.6 Å². The molecule has 0 aromatic heterocycles. The van der Waals surface area contributed by atoms with E-state index in [1.165, 1.54) is 18.9 Å². The van der Waals surface area contributed by atoms with Crippen molar-refractivity contribution in [3.8, 4) is 11.5 Å². The van der Waals surface area contributed by atoms with Crippen LogP contribution < -0.4 is 14.8 Å². The van der Waals surface area contributed by atoms with E-state index >= 15 is 0 Å². The molecule has 0 saturated heterocycles. The van der Waals surface area contributed by atoms with Gasteiger partial charge in [0, 0.05) is 18.2 Å². The number of para-hydroxylation sites is 2. The summed E-state index contributed by atoms with van der Waals surface area (Å²) in [4.78, 5) is 2.14. The highest BCUT2D eigenvalue weighted by molar-refractivity contribution is 7.80. The van der Waals surface area contributed by atoms with Gasteiger partial charge in [-0.3, -0.25) is 0 Å². The maximum absolute atomic E-state index is 14.1. The van der Waals surface area contributed by atoms with Crippen molar-refractivity contribution in [1.29, 1.82) is 0 Å². The van der Waals surface area contributed by atoms with Gasteiger partial charge in [-0.1, -0.05) is 37.1 Å². The molecule has 0 heterocycles. The lowest BCUT2D eigenvalue weighted by Crippen LogP contribution is -2.41. The van der Waals surface area contributed by atoms with Crippen LogP contribution in [0.15, 0.2) is 42.5 Å². The Morgan fingerprint density at radius 2 is 1.85 bits per heavy atom. The summed E-state index contributed by atoms with van der Waals surface area (Å²) in [6.45, 7) is 0.575. The first-order valence-electron chi connectivity index (χ1n) is 9.16. The van der Waals surface area contributed by atoms with E-state index in [1.54, 1.807) is 32.4 Å². The highest BCUT2D eigenvalue weighted by Gasteiger charge is 2.26. The Bertz CT molecular complexity index is 794. The third-order valence-corrected chi connectivity index (χ3v) is 5.30. The summed E-state index contributed by atoms with van der Waals surface area (Å²) in [5.74, 6) is 1.08. The first-order valence-corrected chi connectivity index (χ1v) is 9.57. The van der Waals surface area contributed by atoms with Crippen molar-refractivity contribution >= 4 is 23.0 Å². The normalized spacial score (nSPS) is 14.0. The van der Waals surface area contributed by atoms with Crippen molar-refractivity contribution in [2.24, 2.45) is 0 Å². The largest absolute Gasteiger partial charge is 0.493 e. The van der Waals surface area contributed by atoms with E-state index in [0.717, 1.165) is 18.4 Å². The van der Waals surface area contributed by atoms with E-state index in [4.69, 9.17) is 21.7 Å². The molecule has 2 aromatic rings. The van der Waals surface area contributed by atoms with E-state index in [0.29, 0.717) is 34.9 Å². The standard InChI is InChI=1S/C21H25FN2O2S/c1-25-19-13-7-8-15(20(19)26-2)14-24(16-9-3-4-10-16)21(27)23-18-12-6-5-11-17(18)22/h5-8,11-13,16H,3-4,9-10,14H2,1-2H3,(H,23,27). The Balaban J connectivity index is 1.86. The quantitative estimate of drug-likeness (QED) is 0.706. The lowest BCUT2D eigenvalue weighted by Gasteiger charge is -2.32. The molecular formula is C21H25FN2O2S. The summed E-state index contributed by atoms with van der Waals surface area (Å²) in [7, 11) is 3.26. The molecule has 2 aromatic carbocycles. The van der Waals surface area contributed by atoms with E-state index in [9.17, 15) is 4.39 Å². The number of nitrogens with zero attached hydrogens (tertiary/aromatic N) is 1. The van der Waals surface area contributed by atoms with Crippen molar-refractivity contribution in [1.82, 2.24) is 4.90 Å². The summed E-state index contributed by atoms with van der Waals surface area (Å²) in [6, 6.07) is 12.7. The number of halogens is 1. The van der Waals surface area contributed by atoms with Crippen LogP contribution >= 0.6 is 12.2 Å². The molecule has 1 aliphatic rings. The van der Waals surface area contributed by atoms with Gasteiger partial charge in [-0.25, -0.2) is 4.39 Å². The number of hydrogen-bond acceptors (Lipinski definition) is 3. The Labute approximate surface area is 165 Å². The van der Waals surface area contributed by atoms with Gasteiger partial charge in [0.05, 0.1) is 19.9 Å². The molecule has 0 atom stereocenters. The topological polar surface area (TPSA) is 33.7 Å². The van der Waals surface area contributed by atoms with Crippen molar-refractivity contribution < 1.29 is 13.9 Å². The molecule has 0 aliphatic heterocycles. The number of thiocarbonyl (C=S) groups is 1. The second kappa shape index (κ2) is 9.04. The van der Waals surface area contributed by atoms with E-state index in [-0.39, 0.29) is 5.82 Å². The van der Waals surface area contributed by atoms with Crippen LogP contribution in [0.1, 0.15) is 31.2 Å². The molecule has 1 N–H and O–H groups in total. The summed E-state index contributed by atoms with van der Waals surface area (Å²) in [6.07, 6.45) is 4.51. The van der Waals surface area contributed by atoms with Crippen molar-refractivity contribution in [3.63, 3.8) is 0 Å². The molecule has 6 heteroatoms. The number of methoxy groups -OCH3 is 2. The lowest BCUT2D eigenvalue weighted by atomic mass is 10.1. The number of benzene rings is 2. The molecule has 0 amide bonds. The van der Waals surface area contributed by atoms with E-state index in [2.05, 4.69) is 10.2 Å². The van der Waals surface area contributed by atoms with E-state index < -0.39 is 0 Å². The van der Waals surface area contributed by atoms with Gasteiger partial charge < -0.3 is 19.7 Å². The molecule has 1 saturated carbocycles. The maximum atomic E-state index is 14.1. The van der Waals surface area contributed by atoms with Crippen molar-refractivity contribution in [3.05, 3.63) is 53.8 Å². The van der Waals surface area contributed by atoms with Gasteiger partial charge >= 0.3 is 0 Å². The van der Waals surface area contributed by atoms with Crippen LogP contribution in [-0.2, 0) is 6.54 Å². The minimum atomic E-state index is -0.315. The predicted molar refractivity (Wildman–Crippen MR) is 110 cm³/mol. The fraction of sp³-hybridized carbons (Fsp3) is 0.381. The summed E-state index contributed by atoms with van der Waals surface area (Å²) < 4.78 is 25.0. The molecule has 4 nitrogen and oxygen atoms in total. The fourth-order valence-electron chi connectivity index (χ4n) is 3.59. The van der Waals surface area contributed by atoms with Gasteiger partial charge in [0.1, 0.15) is 5.82 Å². The molecule has 1 fully saturated rings. The fourth-order valence-corrected chi connectivity index (χ4v) is 3.92. The second-order valence-electron chi connectivity index (χ2n) is 6.63. The Morgan fingerprint density at radius 1 is 1.11 bits per heavy atom. The van der Waals surface area contributed by atoms with Crippen LogP contribution in [0.25, 0.3) is 0 Å². The van der Waals surface area contributed by atoms with Crippen LogP contribution in [0, 0.1) is 5.82 Å². The predicted octanol–water partition coefficient (Wildman–Crippen LogP) is 4.98. The molecule has 0 radical (unpaired) electrons. The zero-order chi connectivity index (χ0) is 19.2. The maximum Gasteiger partial charge on any atom is 0.174 e. The third-order valence-electron chi connectivity index (χ3n) is 4.97. The smallest absolute Gasteiger partial charge is 0.174 e. The van der Waals surface area contributed by atoms with Crippen LogP contribution in [-0.4, -0.2) is 30.3 Å². The highest BCUT2D eigenvalue weighted by Crippen LogP contribution is 2.34. The van der Waals surface area contributed by atoms with Gasteiger partial charge in [0.25, 0.3) is 0 Å². The minimum Gasteiger partial charge on any atom is -0.493 e. The molecular weight excluding hydrogens is 363 g/mol. The molecule has 144 valence electrons. The SMILES string of the molecule is COc1cccc(CN(C(=S)Nc2ccccc2F)C2CCCC2)c1OC. The molecule has 27 heavy (non-hydrogen) atoms. The van der Waals surface area contributed by atoms with Gasteiger partial charge in [-0.2, -0.15) is 0 Å². The van der Waals surface area contributed by atoms with Crippen molar-refractivity contribution in [2.45, 2.75) is 38.3 Å². The first-order chi connectivity index (χ1) is 13.1. The molecule has 3 rings (SSSR count). The number of nitrogens with one attached hydrogen (secondary N) is 1. The van der Waals surface area contributed by atoms with Crippen LogP contribution in [0.2, 0.25) is 0 Å². The van der Waals surface area contributed by atoms with E-state index in [1.807, 2.05) is 18.2 Å². The van der Waals surface area contributed by atoms with Crippen molar-refractivity contribution in [2.75, 3.05) is 19.5 Å². The van der Waals surface area contributed by atoms with Gasteiger partial charge in [-0.15, -0.1) is 0 Å². The Morgan fingerprint density at radius 3 is 2.52 bits per heavy atom. The third kappa shape index (κ3) is 4.50. The number of anilines is 1. The number of ether oxygens (including phenoxy) is 2. The zero-order valence-electron chi connectivity index (χ0n) is 15.7. The summed E-state index contributed by atoms with van der Waals surface area (Å²) in [5.41, 5.74) is 1.38.